The number of hydrogen-bond acceptors (Lipinski definition) is 5. The summed E-state index contributed by atoms with van der Waals surface area (Å²) >= 11 is 0. The molecule has 1 aliphatic heterocycles. The second kappa shape index (κ2) is 11.1. The minimum atomic E-state index is -0.199. The number of nitrogens with zero attached hydrogens (tertiary/aromatic N) is 3. The Morgan fingerprint density at radius 1 is 1.03 bits per heavy atom. The maximum Gasteiger partial charge on any atom is 0.256 e. The Morgan fingerprint density at radius 3 is 2.58 bits per heavy atom. The zero-order valence-electron chi connectivity index (χ0n) is 18.9. The molecule has 2 N–H and O–H groups in total. The van der Waals surface area contributed by atoms with E-state index in [1.807, 2.05) is 43.4 Å². The first kappa shape index (κ1) is 23.0. The van der Waals surface area contributed by atoms with Crippen LogP contribution in [0.4, 0.5) is 4.39 Å². The van der Waals surface area contributed by atoms with Crippen molar-refractivity contribution < 1.29 is 9.18 Å². The lowest BCUT2D eigenvalue weighted by Gasteiger charge is -2.17. The van der Waals surface area contributed by atoms with Crippen molar-refractivity contribution >= 4 is 5.91 Å². The van der Waals surface area contributed by atoms with Gasteiger partial charge in [-0.15, -0.1) is 0 Å². The summed E-state index contributed by atoms with van der Waals surface area (Å²) in [5, 5.41) is 0. The van der Waals surface area contributed by atoms with Crippen molar-refractivity contribution in [1.29, 1.82) is 0 Å². The third kappa shape index (κ3) is 6.21. The molecular weight excluding hydrogens is 417 g/mol. The van der Waals surface area contributed by atoms with E-state index in [9.17, 15) is 9.18 Å². The fraction of sp³-hybridized carbons (Fsp3) is 0.346. The van der Waals surface area contributed by atoms with Crippen molar-refractivity contribution in [2.45, 2.75) is 44.2 Å². The summed E-state index contributed by atoms with van der Waals surface area (Å²) in [6, 6.07) is 17.0. The van der Waals surface area contributed by atoms with E-state index in [0.29, 0.717) is 24.0 Å². The summed E-state index contributed by atoms with van der Waals surface area (Å²) in [5.41, 5.74) is 9.01. The molecule has 0 radical (unpaired) electrons. The summed E-state index contributed by atoms with van der Waals surface area (Å²) in [4.78, 5) is 23.1. The number of halogens is 1. The molecule has 1 fully saturated rings. The highest BCUT2D eigenvalue weighted by atomic mass is 19.1. The van der Waals surface area contributed by atoms with Gasteiger partial charge < -0.3 is 4.90 Å². The molecular formula is C26H30FN5O. The molecule has 2 aromatic carbocycles. The number of hydrogen-bond donors (Lipinski definition) is 2. The van der Waals surface area contributed by atoms with Crippen molar-refractivity contribution in [1.82, 2.24) is 25.7 Å². The molecule has 7 heteroatoms. The highest BCUT2D eigenvalue weighted by molar-refractivity contribution is 5.93. The van der Waals surface area contributed by atoms with Crippen LogP contribution in [0.25, 0.3) is 11.4 Å². The molecule has 0 spiro atoms. The Balaban J connectivity index is 1.15. The number of amides is 1. The smallest absolute Gasteiger partial charge is 0.256 e. The van der Waals surface area contributed by atoms with E-state index in [2.05, 4.69) is 20.8 Å². The van der Waals surface area contributed by atoms with Crippen LogP contribution < -0.4 is 10.9 Å². The molecule has 0 aliphatic carbocycles. The Bertz CT molecular complexity index is 1040. The number of unbranched alkanes of at least 4 members (excludes halogenated alkanes) is 2. The van der Waals surface area contributed by atoms with E-state index >= 15 is 0 Å². The lowest BCUT2D eigenvalue weighted by molar-refractivity contribution is 0.0791. The van der Waals surface area contributed by atoms with Crippen LogP contribution in [0.3, 0.4) is 0 Å². The Hall–Kier alpha value is -3.16. The molecule has 3 aromatic rings. The van der Waals surface area contributed by atoms with E-state index in [0.717, 1.165) is 43.2 Å². The second-order valence-corrected chi connectivity index (χ2v) is 8.57. The van der Waals surface area contributed by atoms with Crippen LogP contribution in [0.15, 0.2) is 67.0 Å². The number of rotatable bonds is 9. The summed E-state index contributed by atoms with van der Waals surface area (Å²) in [6.45, 7) is 0.696. The molecule has 172 valence electrons. The van der Waals surface area contributed by atoms with Gasteiger partial charge in [-0.05, 0) is 37.0 Å². The van der Waals surface area contributed by atoms with Gasteiger partial charge in [0, 0.05) is 43.6 Å². The Kier molecular flexibility index (Phi) is 7.75. The van der Waals surface area contributed by atoms with E-state index in [1.165, 1.54) is 6.07 Å². The molecule has 1 aliphatic rings. The molecule has 2 atom stereocenters. The average Bonchev–Trinajstić information content (AvgIpc) is 3.33. The first-order valence-electron chi connectivity index (χ1n) is 11.5. The largest absolute Gasteiger partial charge is 0.342 e. The lowest BCUT2D eigenvalue weighted by Crippen LogP contribution is -2.31. The zero-order chi connectivity index (χ0) is 23.0. The van der Waals surface area contributed by atoms with Gasteiger partial charge in [0.2, 0.25) is 0 Å². The van der Waals surface area contributed by atoms with Gasteiger partial charge in [-0.3, -0.25) is 15.6 Å². The summed E-state index contributed by atoms with van der Waals surface area (Å²) in [6.07, 6.45) is 8.25. The normalized spacial score (nSPS) is 17.8. The van der Waals surface area contributed by atoms with Crippen molar-refractivity contribution in [3.63, 3.8) is 0 Å². The molecule has 2 heterocycles. The molecule has 1 aromatic heterocycles. The van der Waals surface area contributed by atoms with Crippen LogP contribution in [0, 0.1) is 5.82 Å². The van der Waals surface area contributed by atoms with Gasteiger partial charge in [-0.1, -0.05) is 55.3 Å². The van der Waals surface area contributed by atoms with Crippen molar-refractivity contribution in [2.75, 3.05) is 13.6 Å². The van der Waals surface area contributed by atoms with Crippen LogP contribution in [0.1, 0.15) is 54.1 Å². The quantitative estimate of drug-likeness (QED) is 0.472. The van der Waals surface area contributed by atoms with E-state index in [4.69, 9.17) is 0 Å². The molecule has 2 unspecified atom stereocenters. The minimum absolute atomic E-state index is 0.0609. The van der Waals surface area contributed by atoms with Gasteiger partial charge in [0.15, 0.2) is 5.82 Å². The van der Waals surface area contributed by atoms with Gasteiger partial charge in [0.25, 0.3) is 5.91 Å². The fourth-order valence-corrected chi connectivity index (χ4v) is 4.17. The van der Waals surface area contributed by atoms with Gasteiger partial charge >= 0.3 is 0 Å². The first-order chi connectivity index (χ1) is 16.1. The maximum absolute atomic E-state index is 13.4. The molecule has 6 nitrogen and oxygen atoms in total. The highest BCUT2D eigenvalue weighted by Gasteiger charge is 2.24. The van der Waals surface area contributed by atoms with Crippen molar-refractivity contribution in [2.24, 2.45) is 0 Å². The molecule has 1 saturated heterocycles. The molecule has 4 rings (SSSR count). The summed E-state index contributed by atoms with van der Waals surface area (Å²) < 4.78 is 13.4. The number of hydrazine groups is 1. The van der Waals surface area contributed by atoms with E-state index in [1.54, 1.807) is 29.4 Å². The van der Waals surface area contributed by atoms with Crippen LogP contribution in [0.2, 0.25) is 0 Å². The number of aromatic nitrogens is 2. The van der Waals surface area contributed by atoms with Gasteiger partial charge in [0.1, 0.15) is 5.82 Å². The molecule has 1 amide bonds. The van der Waals surface area contributed by atoms with Crippen LogP contribution in [0.5, 0.6) is 0 Å². The number of carbonyl (C=O) groups excluding carboxylic acids is 1. The number of benzene rings is 2. The third-order valence-electron chi connectivity index (χ3n) is 6.06. The predicted octanol–water partition coefficient (Wildman–Crippen LogP) is 4.52. The van der Waals surface area contributed by atoms with Crippen LogP contribution in [-0.2, 0) is 0 Å². The van der Waals surface area contributed by atoms with Crippen molar-refractivity contribution in [3.8, 4) is 11.4 Å². The summed E-state index contributed by atoms with van der Waals surface area (Å²) in [5.74, 6) is 0.355. The zero-order valence-corrected chi connectivity index (χ0v) is 18.9. The third-order valence-corrected chi connectivity index (χ3v) is 6.06. The van der Waals surface area contributed by atoms with E-state index < -0.39 is 0 Å². The topological polar surface area (TPSA) is 70.2 Å². The van der Waals surface area contributed by atoms with Gasteiger partial charge in [-0.2, -0.15) is 0 Å². The minimum Gasteiger partial charge on any atom is -0.342 e. The molecule has 33 heavy (non-hydrogen) atoms. The van der Waals surface area contributed by atoms with Crippen LogP contribution in [-0.4, -0.2) is 40.4 Å². The standard InChI is InChI=1S/C26H30FN5O/c1-32(26(33)21-17-28-25(29-18-21)19-9-4-2-5-10-19)14-7-3-6-13-23-16-24(31-30-23)20-11-8-12-22(27)15-20/h2,4-5,8-12,15,17-18,23-24,30-31H,3,6-7,13-14,16H2,1H3. The lowest BCUT2D eigenvalue weighted by atomic mass is 9.99. The fourth-order valence-electron chi connectivity index (χ4n) is 4.17. The van der Waals surface area contributed by atoms with Gasteiger partial charge in [0.05, 0.1) is 5.56 Å². The monoisotopic (exact) mass is 447 g/mol. The SMILES string of the molecule is CN(CCCCCC1CC(c2cccc(F)c2)NN1)C(=O)c1cnc(-c2ccccc2)nc1. The highest BCUT2D eigenvalue weighted by Crippen LogP contribution is 2.25. The number of carbonyl (C=O) groups is 1. The first-order valence-corrected chi connectivity index (χ1v) is 11.5. The summed E-state index contributed by atoms with van der Waals surface area (Å²) in [7, 11) is 1.82. The Morgan fingerprint density at radius 2 is 1.82 bits per heavy atom. The maximum atomic E-state index is 13.4. The Labute approximate surface area is 194 Å². The van der Waals surface area contributed by atoms with Gasteiger partial charge in [-0.25, -0.2) is 14.4 Å². The molecule has 0 saturated carbocycles. The van der Waals surface area contributed by atoms with Crippen LogP contribution >= 0.6 is 0 Å². The van der Waals surface area contributed by atoms with E-state index in [-0.39, 0.29) is 17.8 Å². The second-order valence-electron chi connectivity index (χ2n) is 8.57. The van der Waals surface area contributed by atoms with Crippen molar-refractivity contribution in [3.05, 3.63) is 83.9 Å². The molecule has 0 bridgehead atoms. The average molecular weight is 448 g/mol. The predicted molar refractivity (Wildman–Crippen MR) is 127 cm³/mol. The number of nitrogens with one attached hydrogen (secondary N) is 2.